The first-order valence-electron chi connectivity index (χ1n) is 11.1. The number of methoxy groups -OCH3 is 1. The molecule has 36 heavy (non-hydrogen) atoms. The van der Waals surface area contributed by atoms with Gasteiger partial charge in [-0.2, -0.15) is 4.98 Å². The van der Waals surface area contributed by atoms with Crippen LogP contribution in [0.3, 0.4) is 0 Å². The molecule has 1 N–H and O–H groups in total. The summed E-state index contributed by atoms with van der Waals surface area (Å²) in [6.45, 7) is 2.71. The van der Waals surface area contributed by atoms with Gasteiger partial charge in [0.15, 0.2) is 0 Å². The fourth-order valence-electron chi connectivity index (χ4n) is 4.01. The molecular weight excluding hydrogens is 485 g/mol. The van der Waals surface area contributed by atoms with Crippen molar-refractivity contribution in [2.75, 3.05) is 20.7 Å². The summed E-state index contributed by atoms with van der Waals surface area (Å²) in [4.78, 5) is 17.2. The minimum Gasteiger partial charge on any atom is -0.480 e. The quantitative estimate of drug-likeness (QED) is 0.313. The highest BCUT2D eigenvalue weighted by atomic mass is 35.5. The van der Waals surface area contributed by atoms with Crippen LogP contribution in [0.4, 0.5) is 4.39 Å². The molecular formula is C27H27ClFN3O4. The number of carboxylic acid groups (broad SMARTS) is 1. The van der Waals surface area contributed by atoms with Crippen molar-refractivity contribution in [3.8, 4) is 34.0 Å². The Morgan fingerprint density at radius 1 is 1.08 bits per heavy atom. The number of ether oxygens (including phenoxy) is 1. The van der Waals surface area contributed by atoms with Gasteiger partial charge in [-0.3, -0.25) is 9.69 Å². The van der Waals surface area contributed by atoms with Crippen LogP contribution in [-0.4, -0.2) is 46.8 Å². The highest BCUT2D eigenvalue weighted by Gasteiger charge is 2.16. The third-order valence-corrected chi connectivity index (χ3v) is 5.61. The zero-order valence-corrected chi connectivity index (χ0v) is 21.0. The minimum atomic E-state index is -0.877. The first kappa shape index (κ1) is 27.0. The van der Waals surface area contributed by atoms with E-state index in [4.69, 9.17) is 14.4 Å². The molecule has 4 rings (SSSR count). The molecule has 0 bridgehead atoms. The standard InChI is InChI=1S/C27H26FN3O4.ClH/c1-17-7-9-22(28)13-24(17)23-10-8-20(12-21(23)16-34-3)27-29-26(30-35-27)19-6-4-5-18(11-19)14-31(2)15-25(32)33;/h4-13H,14-16H2,1-3H3,(H,32,33);1H. The number of aryl methyl sites for hydroxylation is 1. The average molecular weight is 512 g/mol. The number of hydrogen-bond donors (Lipinski definition) is 1. The van der Waals surface area contributed by atoms with Crippen molar-refractivity contribution in [1.82, 2.24) is 15.0 Å². The van der Waals surface area contributed by atoms with Crippen LogP contribution < -0.4 is 0 Å². The van der Waals surface area contributed by atoms with Crippen molar-refractivity contribution in [3.63, 3.8) is 0 Å². The Morgan fingerprint density at radius 3 is 2.64 bits per heavy atom. The van der Waals surface area contributed by atoms with Gasteiger partial charge in [0.25, 0.3) is 5.89 Å². The lowest BCUT2D eigenvalue weighted by Gasteiger charge is -2.14. The Kier molecular flexibility index (Phi) is 8.93. The number of nitrogens with zero attached hydrogens (tertiary/aromatic N) is 3. The van der Waals surface area contributed by atoms with Crippen LogP contribution >= 0.6 is 12.4 Å². The number of halogens is 2. The molecule has 3 aromatic carbocycles. The minimum absolute atomic E-state index is 0. The first-order chi connectivity index (χ1) is 16.8. The lowest BCUT2D eigenvalue weighted by molar-refractivity contribution is -0.138. The van der Waals surface area contributed by atoms with E-state index >= 15 is 0 Å². The fourth-order valence-corrected chi connectivity index (χ4v) is 4.01. The monoisotopic (exact) mass is 511 g/mol. The van der Waals surface area contributed by atoms with E-state index in [-0.39, 0.29) is 24.8 Å². The number of carboxylic acids is 1. The Labute approximate surface area is 214 Å². The second-order valence-corrected chi connectivity index (χ2v) is 8.45. The second-order valence-electron chi connectivity index (χ2n) is 8.45. The largest absolute Gasteiger partial charge is 0.480 e. The maximum atomic E-state index is 13.9. The van der Waals surface area contributed by atoms with Crippen molar-refractivity contribution in [2.24, 2.45) is 0 Å². The number of aliphatic carboxylic acids is 1. The van der Waals surface area contributed by atoms with Gasteiger partial charge in [0.1, 0.15) is 5.82 Å². The van der Waals surface area contributed by atoms with Crippen LogP contribution in [0.15, 0.2) is 65.2 Å². The summed E-state index contributed by atoms with van der Waals surface area (Å²) in [7, 11) is 3.36. The molecule has 188 valence electrons. The van der Waals surface area contributed by atoms with Crippen LogP contribution in [0.25, 0.3) is 34.0 Å². The molecule has 0 spiro atoms. The third-order valence-electron chi connectivity index (χ3n) is 5.61. The zero-order valence-electron chi connectivity index (χ0n) is 20.2. The summed E-state index contributed by atoms with van der Waals surface area (Å²) in [5.41, 5.74) is 5.96. The molecule has 9 heteroatoms. The number of likely N-dealkylation sites (N-methyl/N-ethyl adjacent to an activating group) is 1. The molecule has 0 fully saturated rings. The van der Waals surface area contributed by atoms with Gasteiger partial charge >= 0.3 is 5.97 Å². The van der Waals surface area contributed by atoms with Crippen LogP contribution in [0.5, 0.6) is 0 Å². The number of aromatic nitrogens is 2. The van der Waals surface area contributed by atoms with Gasteiger partial charge in [-0.05, 0) is 72.1 Å². The lowest BCUT2D eigenvalue weighted by Crippen LogP contribution is -2.25. The smallest absolute Gasteiger partial charge is 0.317 e. The van der Waals surface area contributed by atoms with Crippen molar-refractivity contribution < 1.29 is 23.6 Å². The average Bonchev–Trinajstić information content (AvgIpc) is 3.31. The molecule has 0 aliphatic carbocycles. The molecule has 0 unspecified atom stereocenters. The Morgan fingerprint density at radius 2 is 1.89 bits per heavy atom. The van der Waals surface area contributed by atoms with E-state index in [1.165, 1.54) is 12.1 Å². The topological polar surface area (TPSA) is 88.7 Å². The molecule has 0 aliphatic rings. The van der Waals surface area contributed by atoms with Gasteiger partial charge in [-0.1, -0.05) is 35.5 Å². The van der Waals surface area contributed by atoms with E-state index in [1.54, 1.807) is 25.1 Å². The number of rotatable bonds is 9. The molecule has 0 saturated carbocycles. The SMILES string of the molecule is COCc1cc(-c2nc(-c3cccc(CN(C)CC(=O)O)c3)no2)ccc1-c1cc(F)ccc1C.Cl. The normalized spacial score (nSPS) is 10.9. The highest BCUT2D eigenvalue weighted by molar-refractivity contribution is 5.85. The molecule has 1 heterocycles. The van der Waals surface area contributed by atoms with Crippen molar-refractivity contribution in [2.45, 2.75) is 20.1 Å². The summed E-state index contributed by atoms with van der Waals surface area (Å²) < 4.78 is 24.9. The predicted molar refractivity (Wildman–Crippen MR) is 137 cm³/mol. The lowest BCUT2D eigenvalue weighted by atomic mass is 9.94. The van der Waals surface area contributed by atoms with Crippen LogP contribution in [-0.2, 0) is 22.7 Å². The third kappa shape index (κ3) is 6.34. The first-order valence-corrected chi connectivity index (χ1v) is 11.1. The molecule has 0 saturated heterocycles. The van der Waals surface area contributed by atoms with E-state index in [0.717, 1.165) is 38.9 Å². The molecule has 4 aromatic rings. The fraction of sp³-hybridized carbons (Fsp3) is 0.222. The Balaban J connectivity index is 0.00000361. The van der Waals surface area contributed by atoms with Crippen LogP contribution in [0.1, 0.15) is 16.7 Å². The molecule has 1 aromatic heterocycles. The molecule has 0 amide bonds. The van der Waals surface area contributed by atoms with Gasteiger partial charge in [0.2, 0.25) is 5.82 Å². The van der Waals surface area contributed by atoms with Gasteiger partial charge in [0.05, 0.1) is 13.2 Å². The summed E-state index contributed by atoms with van der Waals surface area (Å²) in [6.07, 6.45) is 0. The number of carbonyl (C=O) groups is 1. The summed E-state index contributed by atoms with van der Waals surface area (Å²) >= 11 is 0. The van der Waals surface area contributed by atoms with Crippen molar-refractivity contribution >= 4 is 18.4 Å². The Bertz CT molecular complexity index is 1360. The van der Waals surface area contributed by atoms with Gasteiger partial charge in [0, 0.05) is 24.8 Å². The van der Waals surface area contributed by atoms with Crippen molar-refractivity contribution in [3.05, 3.63) is 83.2 Å². The highest BCUT2D eigenvalue weighted by Crippen LogP contribution is 2.32. The Hall–Kier alpha value is -3.59. The van der Waals surface area contributed by atoms with E-state index < -0.39 is 5.97 Å². The van der Waals surface area contributed by atoms with E-state index in [2.05, 4.69) is 10.1 Å². The summed E-state index contributed by atoms with van der Waals surface area (Å²) in [5.74, 6) is -0.386. The number of hydrogen-bond acceptors (Lipinski definition) is 6. The maximum Gasteiger partial charge on any atom is 0.317 e. The summed E-state index contributed by atoms with van der Waals surface area (Å²) in [6, 6.07) is 18.0. The van der Waals surface area contributed by atoms with Gasteiger partial charge in [-0.25, -0.2) is 4.39 Å². The second kappa shape index (κ2) is 11.9. The van der Waals surface area contributed by atoms with Gasteiger partial charge < -0.3 is 14.4 Å². The molecule has 7 nitrogen and oxygen atoms in total. The predicted octanol–water partition coefficient (Wildman–Crippen LogP) is 5.60. The molecule has 0 atom stereocenters. The molecule has 0 aliphatic heterocycles. The van der Waals surface area contributed by atoms with Crippen LogP contribution in [0.2, 0.25) is 0 Å². The van der Waals surface area contributed by atoms with E-state index in [9.17, 15) is 9.18 Å². The van der Waals surface area contributed by atoms with E-state index in [1.807, 2.05) is 49.4 Å². The zero-order chi connectivity index (χ0) is 24.9. The van der Waals surface area contributed by atoms with Gasteiger partial charge in [-0.15, -0.1) is 12.4 Å². The van der Waals surface area contributed by atoms with Crippen LogP contribution in [0, 0.1) is 12.7 Å². The summed E-state index contributed by atoms with van der Waals surface area (Å²) in [5, 5.41) is 13.1. The van der Waals surface area contributed by atoms with E-state index in [0.29, 0.717) is 24.9 Å². The maximum absolute atomic E-state index is 13.9. The van der Waals surface area contributed by atoms with Crippen molar-refractivity contribution in [1.29, 1.82) is 0 Å². The number of benzene rings is 3. The molecule has 0 radical (unpaired) electrons.